The normalized spacial score (nSPS) is 26.0. The largest absolute Gasteiger partial charge is 0.481 e. The molecule has 0 amide bonds. The summed E-state index contributed by atoms with van der Waals surface area (Å²) >= 11 is 6.15. The molecule has 5 heteroatoms. The van der Waals surface area contributed by atoms with Crippen molar-refractivity contribution in [3.05, 3.63) is 34.9 Å². The number of rotatable bonds is 5. The van der Waals surface area contributed by atoms with Gasteiger partial charge in [0.25, 0.3) is 0 Å². The molecule has 0 radical (unpaired) electrons. The highest BCUT2D eigenvalue weighted by Gasteiger charge is 2.36. The molecule has 0 aromatic heterocycles. The predicted molar refractivity (Wildman–Crippen MR) is 82.3 cm³/mol. The molecule has 1 aliphatic rings. The predicted octanol–water partition coefficient (Wildman–Crippen LogP) is 2.78. The van der Waals surface area contributed by atoms with E-state index in [1.165, 1.54) is 0 Å². The molecule has 0 bridgehead atoms. The molecule has 1 fully saturated rings. The maximum absolute atomic E-state index is 11.0. The lowest BCUT2D eigenvalue weighted by Crippen LogP contribution is -2.44. The van der Waals surface area contributed by atoms with E-state index in [1.807, 2.05) is 36.2 Å². The summed E-state index contributed by atoms with van der Waals surface area (Å²) in [5, 5.41) is 20.4. The molecule has 2 rings (SSSR count). The van der Waals surface area contributed by atoms with Crippen LogP contribution >= 0.6 is 11.6 Å². The minimum absolute atomic E-state index is 0.306. The maximum atomic E-state index is 11.0. The lowest BCUT2D eigenvalue weighted by Gasteiger charge is -2.37. The zero-order valence-corrected chi connectivity index (χ0v) is 13.0. The number of carbonyl (C=O) groups is 1. The summed E-state index contributed by atoms with van der Waals surface area (Å²) < 4.78 is 0. The van der Waals surface area contributed by atoms with Gasteiger partial charge in [0.15, 0.2) is 0 Å². The number of halogens is 1. The van der Waals surface area contributed by atoms with Crippen molar-refractivity contribution in [1.82, 2.24) is 4.90 Å². The maximum Gasteiger partial charge on any atom is 0.306 e. The molecule has 0 aliphatic heterocycles. The van der Waals surface area contributed by atoms with Gasteiger partial charge in [0.05, 0.1) is 11.5 Å². The molecule has 0 heterocycles. The molecule has 21 heavy (non-hydrogen) atoms. The average molecular weight is 312 g/mol. The van der Waals surface area contributed by atoms with E-state index in [0.717, 1.165) is 10.6 Å². The Morgan fingerprint density at radius 1 is 1.38 bits per heavy atom. The van der Waals surface area contributed by atoms with Gasteiger partial charge in [-0.2, -0.15) is 0 Å². The molecular weight excluding hydrogens is 290 g/mol. The number of carboxylic acids is 1. The van der Waals surface area contributed by atoms with E-state index in [1.54, 1.807) is 0 Å². The van der Waals surface area contributed by atoms with E-state index < -0.39 is 11.6 Å². The van der Waals surface area contributed by atoms with Crippen molar-refractivity contribution in [2.24, 2.45) is 5.92 Å². The van der Waals surface area contributed by atoms with E-state index in [2.05, 4.69) is 0 Å². The van der Waals surface area contributed by atoms with Gasteiger partial charge in [-0.05, 0) is 44.4 Å². The summed E-state index contributed by atoms with van der Waals surface area (Å²) in [6, 6.07) is 7.68. The quantitative estimate of drug-likeness (QED) is 0.878. The second-order valence-electron chi connectivity index (χ2n) is 6.10. The van der Waals surface area contributed by atoms with E-state index in [9.17, 15) is 9.90 Å². The van der Waals surface area contributed by atoms with Gasteiger partial charge in [-0.25, -0.2) is 0 Å². The van der Waals surface area contributed by atoms with E-state index in [4.69, 9.17) is 16.7 Å². The minimum atomic E-state index is -0.790. The Bertz CT molecular complexity index is 498. The van der Waals surface area contributed by atoms with Gasteiger partial charge in [0, 0.05) is 18.1 Å². The molecule has 0 spiro atoms. The number of hydrogen-bond donors (Lipinski definition) is 2. The fraction of sp³-hybridized carbons (Fsp3) is 0.562. The van der Waals surface area contributed by atoms with Gasteiger partial charge in [-0.1, -0.05) is 29.8 Å². The van der Waals surface area contributed by atoms with E-state index in [0.29, 0.717) is 38.8 Å². The average Bonchev–Trinajstić information content (AvgIpc) is 2.41. The highest BCUT2D eigenvalue weighted by molar-refractivity contribution is 6.31. The first-order valence-electron chi connectivity index (χ1n) is 7.27. The summed E-state index contributed by atoms with van der Waals surface area (Å²) in [7, 11) is 1.95. The number of hydrogen-bond acceptors (Lipinski definition) is 3. The summed E-state index contributed by atoms with van der Waals surface area (Å²) in [5.41, 5.74) is 0.242. The van der Waals surface area contributed by atoms with Crippen LogP contribution in [0.25, 0.3) is 0 Å². The molecule has 4 nitrogen and oxygen atoms in total. The van der Waals surface area contributed by atoms with Crippen molar-refractivity contribution >= 4 is 17.6 Å². The first kappa shape index (κ1) is 16.3. The Balaban J connectivity index is 1.89. The Labute approximate surface area is 130 Å². The number of likely N-dealkylation sites (N-methyl/N-ethyl adjacent to an activating group) is 1. The van der Waals surface area contributed by atoms with Crippen LogP contribution in [-0.2, 0) is 11.3 Å². The van der Waals surface area contributed by atoms with E-state index >= 15 is 0 Å². The summed E-state index contributed by atoms with van der Waals surface area (Å²) in [6.45, 7) is 1.20. The summed E-state index contributed by atoms with van der Waals surface area (Å²) in [4.78, 5) is 13.0. The highest BCUT2D eigenvalue weighted by Crippen LogP contribution is 2.33. The molecule has 116 valence electrons. The second-order valence-corrected chi connectivity index (χ2v) is 6.51. The highest BCUT2D eigenvalue weighted by atomic mass is 35.5. The minimum Gasteiger partial charge on any atom is -0.481 e. The van der Waals surface area contributed by atoms with Gasteiger partial charge in [-0.3, -0.25) is 9.69 Å². The van der Waals surface area contributed by atoms with Crippen LogP contribution in [0.15, 0.2) is 24.3 Å². The molecule has 1 aromatic carbocycles. The van der Waals surface area contributed by atoms with Crippen molar-refractivity contribution < 1.29 is 15.0 Å². The number of aliphatic carboxylic acids is 1. The van der Waals surface area contributed by atoms with Gasteiger partial charge < -0.3 is 10.2 Å². The Morgan fingerprint density at radius 2 is 2.00 bits per heavy atom. The second kappa shape index (κ2) is 6.77. The van der Waals surface area contributed by atoms with Gasteiger partial charge >= 0.3 is 5.97 Å². The molecule has 1 saturated carbocycles. The summed E-state index contributed by atoms with van der Waals surface area (Å²) in [6.07, 6.45) is 2.17. The molecule has 0 saturated heterocycles. The molecular formula is C16H22ClNO3. The van der Waals surface area contributed by atoms with Crippen LogP contribution in [0, 0.1) is 5.92 Å². The van der Waals surface area contributed by atoms with Crippen molar-refractivity contribution in [3.8, 4) is 0 Å². The smallest absolute Gasteiger partial charge is 0.306 e. The zero-order chi connectivity index (χ0) is 15.5. The van der Waals surface area contributed by atoms with Crippen molar-refractivity contribution in [1.29, 1.82) is 0 Å². The van der Waals surface area contributed by atoms with Crippen LogP contribution in [0.4, 0.5) is 0 Å². The van der Waals surface area contributed by atoms with Crippen LogP contribution in [0.2, 0.25) is 5.02 Å². The standard InChI is InChI=1S/C16H22ClNO3/c1-18(10-13-4-2-3-5-14(13)17)11-16(21)8-6-12(7-9-16)15(19)20/h2-5,12,21H,6-11H2,1H3,(H,19,20). The van der Waals surface area contributed by atoms with Gasteiger partial charge in [-0.15, -0.1) is 0 Å². The fourth-order valence-electron chi connectivity index (χ4n) is 3.04. The number of benzene rings is 1. The fourth-order valence-corrected chi connectivity index (χ4v) is 3.23. The van der Waals surface area contributed by atoms with Crippen LogP contribution in [0.5, 0.6) is 0 Å². The first-order valence-corrected chi connectivity index (χ1v) is 7.64. The van der Waals surface area contributed by atoms with E-state index in [-0.39, 0.29) is 5.92 Å². The number of nitrogens with zero attached hydrogens (tertiary/aromatic N) is 1. The lowest BCUT2D eigenvalue weighted by atomic mass is 9.78. The van der Waals surface area contributed by atoms with Crippen molar-refractivity contribution in [2.75, 3.05) is 13.6 Å². The monoisotopic (exact) mass is 311 g/mol. The molecule has 1 aromatic rings. The summed E-state index contributed by atoms with van der Waals surface area (Å²) in [5.74, 6) is -1.05. The first-order chi connectivity index (χ1) is 9.89. The third-order valence-electron chi connectivity index (χ3n) is 4.23. The van der Waals surface area contributed by atoms with Crippen LogP contribution < -0.4 is 0 Å². The number of aliphatic hydroxyl groups is 1. The van der Waals surface area contributed by atoms with Crippen molar-refractivity contribution in [3.63, 3.8) is 0 Å². The SMILES string of the molecule is CN(Cc1ccccc1Cl)CC1(O)CCC(C(=O)O)CC1. The Morgan fingerprint density at radius 3 is 2.57 bits per heavy atom. The van der Waals surface area contributed by atoms with Crippen molar-refractivity contribution in [2.45, 2.75) is 37.8 Å². The topological polar surface area (TPSA) is 60.8 Å². The lowest BCUT2D eigenvalue weighted by molar-refractivity contribution is -0.145. The Kier molecular flexibility index (Phi) is 5.25. The van der Waals surface area contributed by atoms with Gasteiger partial charge in [0.1, 0.15) is 0 Å². The number of carboxylic acid groups (broad SMARTS) is 1. The third kappa shape index (κ3) is 4.43. The zero-order valence-electron chi connectivity index (χ0n) is 12.3. The molecule has 1 aliphatic carbocycles. The molecule has 2 N–H and O–H groups in total. The van der Waals surface area contributed by atoms with Crippen LogP contribution in [0.1, 0.15) is 31.2 Å². The molecule has 0 atom stereocenters. The van der Waals surface area contributed by atoms with Gasteiger partial charge in [0.2, 0.25) is 0 Å². The third-order valence-corrected chi connectivity index (χ3v) is 4.60. The Hall–Kier alpha value is -1.10. The van der Waals surface area contributed by atoms with Crippen LogP contribution in [-0.4, -0.2) is 40.3 Å². The molecule has 0 unspecified atom stereocenters. The van der Waals surface area contributed by atoms with Crippen LogP contribution in [0.3, 0.4) is 0 Å².